The minimum Gasteiger partial charge on any atom is -0.384 e. The summed E-state index contributed by atoms with van der Waals surface area (Å²) in [7, 11) is -3.71. The van der Waals surface area contributed by atoms with Gasteiger partial charge < -0.3 is 9.63 Å². The molecule has 0 saturated heterocycles. The van der Waals surface area contributed by atoms with Gasteiger partial charge in [-0.2, -0.15) is 0 Å². The van der Waals surface area contributed by atoms with Crippen LogP contribution in [0.3, 0.4) is 0 Å². The van der Waals surface area contributed by atoms with E-state index in [2.05, 4.69) is 26.2 Å². The van der Waals surface area contributed by atoms with Crippen LogP contribution in [-0.2, 0) is 10.0 Å². The maximum Gasteiger partial charge on any atom is 0.262 e. The zero-order valence-corrected chi connectivity index (χ0v) is 10.5. The van der Waals surface area contributed by atoms with Crippen LogP contribution in [0.15, 0.2) is 46.1 Å². The van der Waals surface area contributed by atoms with Gasteiger partial charge in [0.1, 0.15) is 18.6 Å². The number of hydrogen-bond donors (Lipinski definition) is 2. The number of benzene rings is 1. The Morgan fingerprint density at radius 3 is 2.95 bits per heavy atom. The van der Waals surface area contributed by atoms with Gasteiger partial charge in [-0.25, -0.2) is 8.42 Å². The van der Waals surface area contributed by atoms with E-state index in [0.29, 0.717) is 5.56 Å². The molecule has 1 aromatic heterocycles. The zero-order valence-electron chi connectivity index (χ0n) is 9.70. The minimum absolute atomic E-state index is 0.0680. The SMILES string of the molecule is O=S(=O)(Nc1cnoc1)c1cccc(C#CCO)c1. The molecule has 1 aromatic carbocycles. The lowest BCUT2D eigenvalue weighted by Crippen LogP contribution is -2.12. The van der Waals surface area contributed by atoms with E-state index in [4.69, 9.17) is 5.11 Å². The van der Waals surface area contributed by atoms with E-state index in [9.17, 15) is 8.42 Å². The third-order valence-electron chi connectivity index (χ3n) is 2.14. The van der Waals surface area contributed by atoms with Crippen molar-refractivity contribution in [3.63, 3.8) is 0 Å². The Kier molecular flexibility index (Phi) is 3.85. The summed E-state index contributed by atoms with van der Waals surface area (Å²) in [6.45, 7) is -0.282. The van der Waals surface area contributed by atoms with Gasteiger partial charge in [0.05, 0.1) is 11.1 Å². The Hall–Kier alpha value is -2.30. The smallest absolute Gasteiger partial charge is 0.262 e. The van der Waals surface area contributed by atoms with Gasteiger partial charge in [0, 0.05) is 5.56 Å². The molecule has 0 amide bonds. The van der Waals surface area contributed by atoms with E-state index < -0.39 is 10.0 Å². The summed E-state index contributed by atoms with van der Waals surface area (Å²) < 4.78 is 31.0. The van der Waals surface area contributed by atoms with Crippen LogP contribution in [0.2, 0.25) is 0 Å². The first kappa shape index (κ1) is 13.1. The highest BCUT2D eigenvalue weighted by Gasteiger charge is 2.15. The van der Waals surface area contributed by atoms with E-state index in [1.54, 1.807) is 12.1 Å². The number of anilines is 1. The first-order chi connectivity index (χ1) is 9.12. The van der Waals surface area contributed by atoms with E-state index in [1.807, 2.05) is 0 Å². The van der Waals surface area contributed by atoms with Gasteiger partial charge in [-0.05, 0) is 18.2 Å². The molecular weight excluding hydrogens is 268 g/mol. The Bertz CT molecular complexity index is 712. The third-order valence-corrected chi connectivity index (χ3v) is 3.52. The lowest BCUT2D eigenvalue weighted by Gasteiger charge is -2.05. The number of aromatic nitrogens is 1. The van der Waals surface area contributed by atoms with Gasteiger partial charge >= 0.3 is 0 Å². The topological polar surface area (TPSA) is 92.4 Å². The second kappa shape index (κ2) is 5.56. The normalized spacial score (nSPS) is 10.6. The maximum atomic E-state index is 12.0. The molecule has 0 aliphatic rings. The second-order valence-corrected chi connectivity index (χ2v) is 5.19. The summed E-state index contributed by atoms with van der Waals surface area (Å²) >= 11 is 0. The Balaban J connectivity index is 2.30. The molecule has 0 spiro atoms. The predicted molar refractivity (Wildman–Crippen MR) is 67.7 cm³/mol. The largest absolute Gasteiger partial charge is 0.384 e. The summed E-state index contributed by atoms with van der Waals surface area (Å²) in [5.41, 5.74) is 0.745. The van der Waals surface area contributed by atoms with E-state index in [-0.39, 0.29) is 17.2 Å². The predicted octanol–water partition coefficient (Wildman–Crippen LogP) is 0.819. The number of aliphatic hydroxyl groups is 1. The first-order valence-electron chi connectivity index (χ1n) is 5.24. The van der Waals surface area contributed by atoms with Crippen molar-refractivity contribution in [1.82, 2.24) is 5.16 Å². The van der Waals surface area contributed by atoms with Crippen molar-refractivity contribution in [2.45, 2.75) is 4.90 Å². The molecule has 6 nitrogen and oxygen atoms in total. The number of nitrogens with one attached hydrogen (secondary N) is 1. The standard InChI is InChI=1S/C12H10N2O4S/c15-6-2-4-10-3-1-5-12(7-10)19(16,17)14-11-8-13-18-9-11/h1,3,5,7-9,14-15H,6H2. The maximum absolute atomic E-state index is 12.0. The van der Waals surface area contributed by atoms with E-state index >= 15 is 0 Å². The number of nitrogens with zero attached hydrogens (tertiary/aromatic N) is 1. The molecular formula is C12H10N2O4S. The van der Waals surface area contributed by atoms with Crippen molar-refractivity contribution < 1.29 is 18.0 Å². The fourth-order valence-corrected chi connectivity index (χ4v) is 2.42. The number of aliphatic hydroxyl groups excluding tert-OH is 1. The van der Waals surface area contributed by atoms with Crippen molar-refractivity contribution in [3.8, 4) is 11.8 Å². The lowest BCUT2D eigenvalue weighted by molar-refractivity contribution is 0.350. The van der Waals surface area contributed by atoms with Crippen molar-refractivity contribution in [2.24, 2.45) is 0 Å². The molecule has 0 atom stereocenters. The first-order valence-corrected chi connectivity index (χ1v) is 6.72. The molecule has 2 N–H and O–H groups in total. The lowest BCUT2D eigenvalue weighted by atomic mass is 10.2. The van der Waals surface area contributed by atoms with Gasteiger partial charge in [0.25, 0.3) is 10.0 Å². The third kappa shape index (κ3) is 3.34. The van der Waals surface area contributed by atoms with E-state index in [1.165, 1.54) is 24.6 Å². The molecule has 19 heavy (non-hydrogen) atoms. The van der Waals surface area contributed by atoms with Crippen molar-refractivity contribution in [1.29, 1.82) is 0 Å². The molecule has 2 rings (SSSR count). The molecule has 0 saturated carbocycles. The summed E-state index contributed by atoms with van der Waals surface area (Å²) in [6.07, 6.45) is 2.44. The van der Waals surface area contributed by atoms with Gasteiger partial charge in [-0.3, -0.25) is 4.72 Å². The van der Waals surface area contributed by atoms with Crippen LogP contribution in [0.1, 0.15) is 5.56 Å². The molecule has 0 radical (unpaired) electrons. The highest BCUT2D eigenvalue weighted by Crippen LogP contribution is 2.16. The van der Waals surface area contributed by atoms with Crippen LogP contribution in [0, 0.1) is 11.8 Å². The number of hydrogen-bond acceptors (Lipinski definition) is 5. The molecule has 7 heteroatoms. The molecule has 0 bridgehead atoms. The molecule has 0 aliphatic heterocycles. The quantitative estimate of drug-likeness (QED) is 0.811. The average molecular weight is 278 g/mol. The van der Waals surface area contributed by atoms with Gasteiger partial charge in [0.2, 0.25) is 0 Å². The van der Waals surface area contributed by atoms with Crippen LogP contribution in [0.4, 0.5) is 5.69 Å². The van der Waals surface area contributed by atoms with Crippen LogP contribution in [-0.4, -0.2) is 25.3 Å². The summed E-state index contributed by atoms with van der Waals surface area (Å²) in [6, 6.07) is 6.09. The Labute approximate surface area is 110 Å². The number of sulfonamides is 1. The molecule has 0 aliphatic carbocycles. The fourth-order valence-electron chi connectivity index (χ4n) is 1.35. The van der Waals surface area contributed by atoms with Crippen LogP contribution >= 0.6 is 0 Å². The molecule has 0 unspecified atom stereocenters. The number of rotatable bonds is 3. The minimum atomic E-state index is -3.71. The zero-order chi connectivity index (χ0) is 13.7. The fraction of sp³-hybridized carbons (Fsp3) is 0.0833. The van der Waals surface area contributed by atoms with Crippen LogP contribution < -0.4 is 4.72 Å². The Morgan fingerprint density at radius 2 is 2.26 bits per heavy atom. The monoisotopic (exact) mass is 278 g/mol. The second-order valence-electron chi connectivity index (χ2n) is 3.51. The van der Waals surface area contributed by atoms with Crippen LogP contribution in [0.25, 0.3) is 0 Å². The van der Waals surface area contributed by atoms with Gasteiger partial charge in [0.15, 0.2) is 0 Å². The molecule has 1 heterocycles. The van der Waals surface area contributed by atoms with Crippen LogP contribution in [0.5, 0.6) is 0 Å². The van der Waals surface area contributed by atoms with Crippen molar-refractivity contribution in [3.05, 3.63) is 42.3 Å². The molecule has 98 valence electrons. The van der Waals surface area contributed by atoms with Crippen molar-refractivity contribution in [2.75, 3.05) is 11.3 Å². The van der Waals surface area contributed by atoms with Crippen molar-refractivity contribution >= 4 is 15.7 Å². The molecule has 0 fully saturated rings. The highest BCUT2D eigenvalue weighted by atomic mass is 32.2. The Morgan fingerprint density at radius 1 is 1.42 bits per heavy atom. The average Bonchev–Trinajstić information content (AvgIpc) is 2.89. The van der Waals surface area contributed by atoms with Gasteiger partial charge in [-0.15, -0.1) is 0 Å². The summed E-state index contributed by atoms with van der Waals surface area (Å²) in [5.74, 6) is 5.10. The van der Waals surface area contributed by atoms with E-state index in [0.717, 1.165) is 0 Å². The van der Waals surface area contributed by atoms with Gasteiger partial charge in [-0.1, -0.05) is 23.1 Å². The summed E-state index contributed by atoms with van der Waals surface area (Å²) in [4.78, 5) is 0.0680. The highest BCUT2D eigenvalue weighted by molar-refractivity contribution is 7.92. The molecule has 2 aromatic rings. The summed E-state index contributed by atoms with van der Waals surface area (Å²) in [5, 5.41) is 12.0.